The van der Waals surface area contributed by atoms with Gasteiger partial charge in [0, 0.05) is 19.1 Å². The normalized spacial score (nSPS) is 21.0. The highest BCUT2D eigenvalue weighted by atomic mass is 127. The Balaban J connectivity index is 0.00000441. The Labute approximate surface area is 154 Å². The van der Waals surface area contributed by atoms with E-state index in [1.807, 2.05) is 0 Å². The summed E-state index contributed by atoms with van der Waals surface area (Å²) in [5, 5.41) is 3.33. The molecule has 132 valence electrons. The number of hydrogen-bond donors (Lipinski definition) is 2. The van der Waals surface area contributed by atoms with Gasteiger partial charge in [-0.25, -0.2) is 0 Å². The first kappa shape index (κ1) is 22.0. The monoisotopic (exact) mass is 424 g/mol. The van der Waals surface area contributed by atoms with Crippen LogP contribution in [-0.4, -0.2) is 43.1 Å². The molecule has 1 heterocycles. The molecule has 3 N–H and O–H groups in total. The molecule has 1 rings (SSSR count). The van der Waals surface area contributed by atoms with Crippen molar-refractivity contribution in [2.24, 2.45) is 22.6 Å². The second kappa shape index (κ2) is 12.4. The molecule has 2 atom stereocenters. The fraction of sp³-hybridized carbons (Fsp3) is 0.941. The van der Waals surface area contributed by atoms with Crippen molar-refractivity contribution in [3.8, 4) is 0 Å². The minimum absolute atomic E-state index is 0. The van der Waals surface area contributed by atoms with E-state index < -0.39 is 0 Å². The van der Waals surface area contributed by atoms with Gasteiger partial charge in [0.1, 0.15) is 0 Å². The van der Waals surface area contributed by atoms with Crippen LogP contribution in [0.5, 0.6) is 0 Å². The molecule has 1 aliphatic rings. The number of aliphatic imine (C=N–C) groups is 1. The fourth-order valence-electron chi connectivity index (χ4n) is 3.01. The molecule has 0 aliphatic carbocycles. The number of halogens is 1. The molecular weight excluding hydrogens is 387 g/mol. The number of nitrogens with zero attached hydrogens (tertiary/aromatic N) is 2. The van der Waals surface area contributed by atoms with Crippen LogP contribution in [0.4, 0.5) is 0 Å². The standard InChI is InChI=1S/C17H36N4.HI/c1-5-10-21-11-9-16(13-21)12-19-17(18)20-15(4)8-6-7-14(2)3;/h14-16H,5-13H2,1-4H3,(H3,18,19,20);1H. The van der Waals surface area contributed by atoms with Crippen LogP contribution in [0.1, 0.15) is 59.8 Å². The number of guanidine groups is 1. The maximum Gasteiger partial charge on any atom is 0.188 e. The fourth-order valence-corrected chi connectivity index (χ4v) is 3.01. The van der Waals surface area contributed by atoms with Gasteiger partial charge in [0.25, 0.3) is 0 Å². The van der Waals surface area contributed by atoms with Gasteiger partial charge in [-0.1, -0.05) is 33.6 Å². The Bertz CT molecular complexity index is 307. The molecule has 5 heteroatoms. The van der Waals surface area contributed by atoms with Crippen molar-refractivity contribution in [2.75, 3.05) is 26.2 Å². The number of rotatable bonds is 9. The summed E-state index contributed by atoms with van der Waals surface area (Å²) in [6, 6.07) is 0.424. The molecule has 0 spiro atoms. The first-order valence-electron chi connectivity index (χ1n) is 8.80. The summed E-state index contributed by atoms with van der Waals surface area (Å²) in [6.45, 7) is 13.5. The van der Waals surface area contributed by atoms with Crippen LogP contribution in [0.2, 0.25) is 0 Å². The topological polar surface area (TPSA) is 53.6 Å². The predicted octanol–water partition coefficient (Wildman–Crippen LogP) is 3.46. The van der Waals surface area contributed by atoms with Crippen LogP contribution in [0.25, 0.3) is 0 Å². The van der Waals surface area contributed by atoms with Crippen molar-refractivity contribution in [1.82, 2.24) is 10.2 Å². The molecule has 0 aromatic heterocycles. The molecule has 0 radical (unpaired) electrons. The number of likely N-dealkylation sites (tertiary alicyclic amines) is 1. The van der Waals surface area contributed by atoms with Crippen molar-refractivity contribution in [2.45, 2.75) is 65.8 Å². The van der Waals surface area contributed by atoms with Gasteiger partial charge < -0.3 is 16.0 Å². The minimum Gasteiger partial charge on any atom is -0.370 e. The van der Waals surface area contributed by atoms with Crippen molar-refractivity contribution >= 4 is 29.9 Å². The Morgan fingerprint density at radius 3 is 2.68 bits per heavy atom. The molecule has 1 saturated heterocycles. The number of nitrogens with one attached hydrogen (secondary N) is 1. The minimum atomic E-state index is 0. The highest BCUT2D eigenvalue weighted by Gasteiger charge is 2.21. The summed E-state index contributed by atoms with van der Waals surface area (Å²) < 4.78 is 0. The highest BCUT2D eigenvalue weighted by Crippen LogP contribution is 2.16. The van der Waals surface area contributed by atoms with Gasteiger partial charge >= 0.3 is 0 Å². The Kier molecular flexibility index (Phi) is 12.4. The third-order valence-corrected chi connectivity index (χ3v) is 4.24. The van der Waals surface area contributed by atoms with E-state index in [9.17, 15) is 0 Å². The highest BCUT2D eigenvalue weighted by molar-refractivity contribution is 14.0. The maximum atomic E-state index is 6.00. The molecule has 1 aliphatic heterocycles. The second-order valence-electron chi connectivity index (χ2n) is 7.05. The number of nitrogens with two attached hydrogens (primary N) is 1. The van der Waals surface area contributed by atoms with Crippen molar-refractivity contribution in [1.29, 1.82) is 0 Å². The quantitative estimate of drug-likeness (QED) is 0.339. The van der Waals surface area contributed by atoms with Crippen LogP contribution in [0.15, 0.2) is 4.99 Å². The van der Waals surface area contributed by atoms with Crippen molar-refractivity contribution in [3.05, 3.63) is 0 Å². The van der Waals surface area contributed by atoms with Gasteiger partial charge in [0.15, 0.2) is 5.96 Å². The van der Waals surface area contributed by atoms with E-state index in [0.29, 0.717) is 17.9 Å². The summed E-state index contributed by atoms with van der Waals surface area (Å²) in [4.78, 5) is 7.08. The molecule has 22 heavy (non-hydrogen) atoms. The number of hydrogen-bond acceptors (Lipinski definition) is 2. The zero-order valence-electron chi connectivity index (χ0n) is 15.0. The average Bonchev–Trinajstić information content (AvgIpc) is 2.84. The van der Waals surface area contributed by atoms with E-state index in [1.54, 1.807) is 0 Å². The average molecular weight is 424 g/mol. The molecule has 4 nitrogen and oxygen atoms in total. The van der Waals surface area contributed by atoms with E-state index in [0.717, 1.165) is 12.5 Å². The lowest BCUT2D eigenvalue weighted by molar-refractivity contribution is 0.326. The molecule has 0 amide bonds. The van der Waals surface area contributed by atoms with Crippen molar-refractivity contribution < 1.29 is 0 Å². The van der Waals surface area contributed by atoms with Crippen LogP contribution >= 0.6 is 24.0 Å². The summed E-state index contributed by atoms with van der Waals surface area (Å²) in [5.74, 6) is 2.10. The molecule has 0 bridgehead atoms. The van der Waals surface area contributed by atoms with Gasteiger partial charge in [-0.2, -0.15) is 0 Å². The summed E-state index contributed by atoms with van der Waals surface area (Å²) >= 11 is 0. The SMILES string of the molecule is CCCN1CCC(CN=C(N)NC(C)CCCC(C)C)C1.I. The first-order valence-corrected chi connectivity index (χ1v) is 8.80. The van der Waals surface area contributed by atoms with Crippen LogP contribution in [0.3, 0.4) is 0 Å². The molecular formula is C17H37IN4. The lowest BCUT2D eigenvalue weighted by Crippen LogP contribution is -2.38. The Morgan fingerprint density at radius 2 is 2.05 bits per heavy atom. The molecule has 2 unspecified atom stereocenters. The van der Waals surface area contributed by atoms with Crippen molar-refractivity contribution in [3.63, 3.8) is 0 Å². The zero-order chi connectivity index (χ0) is 15.7. The summed E-state index contributed by atoms with van der Waals surface area (Å²) in [5.41, 5.74) is 6.00. The van der Waals surface area contributed by atoms with Gasteiger partial charge in [-0.15, -0.1) is 24.0 Å². The smallest absolute Gasteiger partial charge is 0.188 e. The van der Waals surface area contributed by atoms with E-state index in [2.05, 4.69) is 42.9 Å². The molecule has 0 aromatic carbocycles. The lowest BCUT2D eigenvalue weighted by atomic mass is 10.0. The summed E-state index contributed by atoms with van der Waals surface area (Å²) in [7, 11) is 0. The van der Waals surface area contributed by atoms with Gasteiger partial charge in [-0.3, -0.25) is 4.99 Å². The Morgan fingerprint density at radius 1 is 1.32 bits per heavy atom. The van der Waals surface area contributed by atoms with Gasteiger partial charge in [0.05, 0.1) is 0 Å². The van der Waals surface area contributed by atoms with E-state index in [4.69, 9.17) is 5.73 Å². The van der Waals surface area contributed by atoms with E-state index in [1.165, 1.54) is 51.7 Å². The second-order valence-corrected chi connectivity index (χ2v) is 7.05. The van der Waals surface area contributed by atoms with Crippen LogP contribution in [0, 0.1) is 11.8 Å². The third kappa shape index (κ3) is 9.87. The predicted molar refractivity (Wildman–Crippen MR) is 108 cm³/mol. The first-order chi connectivity index (χ1) is 10.0. The Hall–Kier alpha value is -0.0400. The maximum absolute atomic E-state index is 6.00. The largest absolute Gasteiger partial charge is 0.370 e. The molecule has 0 saturated carbocycles. The van der Waals surface area contributed by atoms with Crippen LogP contribution in [-0.2, 0) is 0 Å². The molecule has 1 fully saturated rings. The van der Waals surface area contributed by atoms with E-state index in [-0.39, 0.29) is 24.0 Å². The zero-order valence-corrected chi connectivity index (χ0v) is 17.3. The van der Waals surface area contributed by atoms with Gasteiger partial charge in [0.2, 0.25) is 0 Å². The van der Waals surface area contributed by atoms with E-state index >= 15 is 0 Å². The third-order valence-electron chi connectivity index (χ3n) is 4.24. The molecule has 0 aromatic rings. The van der Waals surface area contributed by atoms with Crippen LogP contribution < -0.4 is 11.1 Å². The summed E-state index contributed by atoms with van der Waals surface area (Å²) in [6.07, 6.45) is 6.22. The lowest BCUT2D eigenvalue weighted by Gasteiger charge is -2.16. The van der Waals surface area contributed by atoms with Gasteiger partial charge in [-0.05, 0) is 51.1 Å².